The van der Waals surface area contributed by atoms with E-state index in [0.717, 1.165) is 31.6 Å². The second-order valence-electron chi connectivity index (χ2n) is 7.84. The number of benzene rings is 1. The summed E-state index contributed by atoms with van der Waals surface area (Å²) in [6.07, 6.45) is 5.52. The lowest BCUT2D eigenvalue weighted by molar-refractivity contribution is -0.119. The molecule has 0 aromatic heterocycles. The highest BCUT2D eigenvalue weighted by molar-refractivity contribution is 5.78. The number of hydrogen-bond donors (Lipinski definition) is 2. The van der Waals surface area contributed by atoms with Crippen LogP contribution in [0.25, 0.3) is 0 Å². The highest BCUT2D eigenvalue weighted by Gasteiger charge is 2.22. The highest BCUT2D eigenvalue weighted by Crippen LogP contribution is 2.20. The first-order chi connectivity index (χ1) is 13.4. The fourth-order valence-electron chi connectivity index (χ4n) is 3.59. The van der Waals surface area contributed by atoms with E-state index in [4.69, 9.17) is 5.73 Å². The van der Waals surface area contributed by atoms with Crippen LogP contribution in [0.5, 0.6) is 0 Å². The van der Waals surface area contributed by atoms with Gasteiger partial charge < -0.3 is 20.9 Å². The van der Waals surface area contributed by atoms with Gasteiger partial charge in [-0.1, -0.05) is 36.4 Å². The van der Waals surface area contributed by atoms with Crippen molar-refractivity contribution in [1.29, 1.82) is 0 Å². The summed E-state index contributed by atoms with van der Waals surface area (Å²) in [4.78, 5) is 16.2. The molecule has 1 aromatic carbocycles. The van der Waals surface area contributed by atoms with E-state index in [9.17, 15) is 4.79 Å². The predicted molar refractivity (Wildman–Crippen MR) is 117 cm³/mol. The molecular weight excluding hydrogens is 348 g/mol. The third-order valence-electron chi connectivity index (χ3n) is 5.61. The number of carbonyl (C=O) groups is 1. The molecule has 0 aliphatic carbocycles. The topological polar surface area (TPSA) is 61.6 Å². The maximum absolute atomic E-state index is 11.3. The molecule has 1 fully saturated rings. The van der Waals surface area contributed by atoms with Gasteiger partial charge in [0.2, 0.25) is 5.91 Å². The Balaban J connectivity index is 1.74. The second-order valence-corrected chi connectivity index (χ2v) is 7.84. The summed E-state index contributed by atoms with van der Waals surface area (Å²) in [5.74, 6) is -0.154. The Morgan fingerprint density at radius 2 is 1.96 bits per heavy atom. The molecule has 0 atom stereocenters. The van der Waals surface area contributed by atoms with Crippen LogP contribution < -0.4 is 11.1 Å². The molecule has 2 rings (SSSR count). The molecule has 3 N–H and O–H groups in total. The minimum absolute atomic E-state index is 0.0123. The fourth-order valence-corrected chi connectivity index (χ4v) is 3.59. The standard InChI is InChI=1S/C23H36N4O/c1-18-5-7-21(8-6-18)9-12-27-13-10-22(11-14-27)26(4)20(3)15-19(2)17-25-23(28)16-24/h5-8,15,22H,2,9-14,16-17,24H2,1,3-4H3,(H,25,28)/b20-15+. The fraction of sp³-hybridized carbons (Fsp3) is 0.522. The molecule has 1 heterocycles. The van der Waals surface area contributed by atoms with Crippen molar-refractivity contribution in [3.63, 3.8) is 0 Å². The number of amides is 1. The quantitative estimate of drug-likeness (QED) is 0.642. The van der Waals surface area contributed by atoms with Crippen molar-refractivity contribution in [3.05, 3.63) is 59.3 Å². The molecule has 5 heteroatoms. The first-order valence-corrected chi connectivity index (χ1v) is 10.2. The molecule has 0 unspecified atom stereocenters. The van der Waals surface area contributed by atoms with Gasteiger partial charge in [-0.05, 0) is 50.3 Å². The lowest BCUT2D eigenvalue weighted by atomic mass is 10.0. The minimum atomic E-state index is -0.154. The van der Waals surface area contributed by atoms with Crippen molar-refractivity contribution < 1.29 is 4.79 Å². The Hall–Kier alpha value is -2.11. The molecule has 0 radical (unpaired) electrons. The van der Waals surface area contributed by atoms with Gasteiger partial charge in [0, 0.05) is 45.0 Å². The van der Waals surface area contributed by atoms with Crippen LogP contribution in [-0.4, -0.2) is 61.5 Å². The SMILES string of the molecule is C=C(/C=C(\C)N(C)C1CCN(CCc2ccc(C)cc2)CC1)CNC(=O)CN. The molecule has 0 bridgehead atoms. The van der Waals surface area contributed by atoms with Crippen molar-refractivity contribution in [2.24, 2.45) is 5.73 Å². The molecule has 0 saturated carbocycles. The normalized spacial score (nSPS) is 16.1. The molecule has 1 aliphatic heterocycles. The Morgan fingerprint density at radius 1 is 1.32 bits per heavy atom. The number of hydrogen-bond acceptors (Lipinski definition) is 4. The summed E-state index contributed by atoms with van der Waals surface area (Å²) < 4.78 is 0. The zero-order valence-electron chi connectivity index (χ0n) is 17.7. The molecule has 1 amide bonds. The minimum Gasteiger partial charge on any atom is -0.375 e. The second kappa shape index (κ2) is 11.0. The smallest absolute Gasteiger partial charge is 0.234 e. The van der Waals surface area contributed by atoms with Crippen molar-refractivity contribution in [2.45, 2.75) is 39.2 Å². The van der Waals surface area contributed by atoms with Crippen molar-refractivity contribution >= 4 is 5.91 Å². The van der Waals surface area contributed by atoms with E-state index in [1.807, 2.05) is 0 Å². The van der Waals surface area contributed by atoms with Crippen LogP contribution in [0.2, 0.25) is 0 Å². The van der Waals surface area contributed by atoms with Crippen LogP contribution in [-0.2, 0) is 11.2 Å². The van der Waals surface area contributed by atoms with E-state index in [-0.39, 0.29) is 12.5 Å². The Morgan fingerprint density at radius 3 is 2.57 bits per heavy atom. The largest absolute Gasteiger partial charge is 0.375 e. The van der Waals surface area contributed by atoms with Crippen LogP contribution in [0.15, 0.2) is 48.2 Å². The summed E-state index contributed by atoms with van der Waals surface area (Å²) in [7, 11) is 2.16. The Labute approximate surface area is 170 Å². The van der Waals surface area contributed by atoms with Crippen LogP contribution in [0.4, 0.5) is 0 Å². The van der Waals surface area contributed by atoms with Crippen molar-refractivity contribution in [3.8, 4) is 0 Å². The predicted octanol–water partition coefficient (Wildman–Crippen LogP) is 2.47. The zero-order valence-corrected chi connectivity index (χ0v) is 17.7. The van der Waals surface area contributed by atoms with Gasteiger partial charge in [-0.2, -0.15) is 0 Å². The van der Waals surface area contributed by atoms with E-state index in [1.54, 1.807) is 0 Å². The van der Waals surface area contributed by atoms with Crippen molar-refractivity contribution in [2.75, 3.05) is 39.8 Å². The average molecular weight is 385 g/mol. The van der Waals surface area contributed by atoms with Gasteiger partial charge in [-0.25, -0.2) is 0 Å². The van der Waals surface area contributed by atoms with Crippen LogP contribution in [0, 0.1) is 6.92 Å². The van der Waals surface area contributed by atoms with Gasteiger partial charge in [0.25, 0.3) is 0 Å². The zero-order chi connectivity index (χ0) is 20.5. The molecule has 0 spiro atoms. The Kier molecular flexibility index (Phi) is 8.74. The first-order valence-electron chi connectivity index (χ1n) is 10.2. The lowest BCUT2D eigenvalue weighted by Gasteiger charge is -2.38. The number of nitrogens with one attached hydrogen (secondary N) is 1. The maximum atomic E-state index is 11.3. The Bertz CT molecular complexity index is 672. The van der Waals surface area contributed by atoms with E-state index < -0.39 is 0 Å². The van der Waals surface area contributed by atoms with Gasteiger partial charge in [0.1, 0.15) is 0 Å². The molecule has 154 valence electrons. The van der Waals surface area contributed by atoms with Crippen LogP contribution in [0.3, 0.4) is 0 Å². The van der Waals surface area contributed by atoms with E-state index in [2.05, 4.69) is 72.9 Å². The number of likely N-dealkylation sites (tertiary alicyclic amines) is 1. The molecule has 1 aromatic rings. The lowest BCUT2D eigenvalue weighted by Crippen LogP contribution is -2.43. The van der Waals surface area contributed by atoms with Gasteiger partial charge in [-0.15, -0.1) is 0 Å². The number of nitrogens with two attached hydrogens (primary N) is 1. The van der Waals surface area contributed by atoms with Gasteiger partial charge in [-0.3, -0.25) is 4.79 Å². The number of rotatable bonds is 9. The average Bonchev–Trinajstić information content (AvgIpc) is 2.71. The third kappa shape index (κ3) is 7.13. The molecule has 5 nitrogen and oxygen atoms in total. The third-order valence-corrected chi connectivity index (χ3v) is 5.61. The molecular formula is C23H36N4O. The summed E-state index contributed by atoms with van der Waals surface area (Å²) in [5.41, 5.74) is 10.1. The first kappa shape index (κ1) is 22.2. The van der Waals surface area contributed by atoms with E-state index in [1.165, 1.54) is 29.7 Å². The van der Waals surface area contributed by atoms with Gasteiger partial charge in [0.05, 0.1) is 6.54 Å². The van der Waals surface area contributed by atoms with E-state index >= 15 is 0 Å². The van der Waals surface area contributed by atoms with E-state index in [0.29, 0.717) is 12.6 Å². The molecule has 28 heavy (non-hydrogen) atoms. The highest BCUT2D eigenvalue weighted by atomic mass is 16.1. The molecule has 1 saturated heterocycles. The number of carbonyl (C=O) groups excluding carboxylic acids is 1. The monoisotopic (exact) mass is 384 g/mol. The number of aryl methyl sites for hydroxylation is 1. The van der Waals surface area contributed by atoms with Crippen LogP contribution in [0.1, 0.15) is 30.9 Å². The maximum Gasteiger partial charge on any atom is 0.234 e. The molecule has 1 aliphatic rings. The van der Waals surface area contributed by atoms with Gasteiger partial charge in [0.15, 0.2) is 0 Å². The van der Waals surface area contributed by atoms with Crippen LogP contribution >= 0.6 is 0 Å². The summed E-state index contributed by atoms with van der Waals surface area (Å²) in [5, 5.41) is 2.76. The van der Waals surface area contributed by atoms with Crippen molar-refractivity contribution in [1.82, 2.24) is 15.1 Å². The summed E-state index contributed by atoms with van der Waals surface area (Å²) in [6.45, 7) is 12.1. The number of piperidine rings is 1. The summed E-state index contributed by atoms with van der Waals surface area (Å²) >= 11 is 0. The van der Waals surface area contributed by atoms with Gasteiger partial charge >= 0.3 is 0 Å². The number of allylic oxidation sites excluding steroid dienone is 1. The summed E-state index contributed by atoms with van der Waals surface area (Å²) in [6, 6.07) is 9.43. The number of nitrogens with zero attached hydrogens (tertiary/aromatic N) is 2.